The SMILES string of the molecule is C=C(C)N=C/C=C(/OCC)C(=C)N. The Balaban J connectivity index is 4.36. The number of hydrogen-bond donors (Lipinski definition) is 1. The predicted molar refractivity (Wildman–Crippen MR) is 56.3 cm³/mol. The monoisotopic (exact) mass is 180 g/mol. The molecular weight excluding hydrogens is 164 g/mol. The van der Waals surface area contributed by atoms with Crippen molar-refractivity contribution in [3.63, 3.8) is 0 Å². The van der Waals surface area contributed by atoms with Gasteiger partial charge in [0.2, 0.25) is 0 Å². The minimum Gasteiger partial charge on any atom is -0.492 e. The Morgan fingerprint density at radius 1 is 1.54 bits per heavy atom. The number of nitrogens with two attached hydrogens (primary N) is 1. The van der Waals surface area contributed by atoms with E-state index < -0.39 is 0 Å². The number of rotatable bonds is 5. The summed E-state index contributed by atoms with van der Waals surface area (Å²) in [7, 11) is 0. The molecule has 0 aliphatic heterocycles. The Morgan fingerprint density at radius 3 is 2.54 bits per heavy atom. The molecule has 0 heterocycles. The number of aliphatic imine (C=N–C) groups is 1. The van der Waals surface area contributed by atoms with Crippen molar-refractivity contribution in [3.05, 3.63) is 36.4 Å². The Labute approximate surface area is 79.3 Å². The van der Waals surface area contributed by atoms with Crippen LogP contribution in [0.4, 0.5) is 0 Å². The van der Waals surface area contributed by atoms with Crippen LogP contribution in [0.3, 0.4) is 0 Å². The van der Waals surface area contributed by atoms with Crippen LogP contribution in [0.5, 0.6) is 0 Å². The van der Waals surface area contributed by atoms with Gasteiger partial charge in [-0.1, -0.05) is 13.2 Å². The molecule has 0 aliphatic carbocycles. The van der Waals surface area contributed by atoms with Gasteiger partial charge in [0.1, 0.15) is 5.76 Å². The fourth-order valence-corrected chi connectivity index (χ4v) is 0.636. The molecule has 0 amide bonds. The molecule has 3 heteroatoms. The maximum Gasteiger partial charge on any atom is 0.143 e. The molecule has 0 fully saturated rings. The third-order valence-corrected chi connectivity index (χ3v) is 1.14. The zero-order valence-corrected chi connectivity index (χ0v) is 8.21. The zero-order valence-electron chi connectivity index (χ0n) is 8.21. The van der Waals surface area contributed by atoms with Gasteiger partial charge in [-0.2, -0.15) is 0 Å². The molecule has 0 aromatic carbocycles. The summed E-state index contributed by atoms with van der Waals surface area (Å²) in [4.78, 5) is 3.96. The lowest BCUT2D eigenvalue weighted by Crippen LogP contribution is -2.03. The second-order valence-electron chi connectivity index (χ2n) is 2.50. The van der Waals surface area contributed by atoms with Crippen molar-refractivity contribution in [1.29, 1.82) is 0 Å². The molecule has 0 aliphatic rings. The highest BCUT2D eigenvalue weighted by molar-refractivity contribution is 5.73. The predicted octanol–water partition coefficient (Wildman–Crippen LogP) is 1.98. The van der Waals surface area contributed by atoms with E-state index in [2.05, 4.69) is 18.2 Å². The Kier molecular flexibility index (Phi) is 5.35. The van der Waals surface area contributed by atoms with Crippen molar-refractivity contribution in [2.24, 2.45) is 10.7 Å². The van der Waals surface area contributed by atoms with Crippen molar-refractivity contribution < 1.29 is 4.74 Å². The third kappa shape index (κ3) is 5.73. The molecule has 0 aromatic heterocycles. The first-order chi connectivity index (χ1) is 6.07. The van der Waals surface area contributed by atoms with E-state index in [-0.39, 0.29) is 0 Å². The summed E-state index contributed by atoms with van der Waals surface area (Å²) in [6.45, 7) is 11.4. The van der Waals surface area contributed by atoms with Gasteiger partial charge in [0.05, 0.1) is 12.3 Å². The average Bonchev–Trinajstić information content (AvgIpc) is 2.02. The Morgan fingerprint density at radius 2 is 2.15 bits per heavy atom. The van der Waals surface area contributed by atoms with E-state index >= 15 is 0 Å². The van der Waals surface area contributed by atoms with Gasteiger partial charge >= 0.3 is 0 Å². The summed E-state index contributed by atoms with van der Waals surface area (Å²) < 4.78 is 5.20. The first kappa shape index (κ1) is 11.5. The lowest BCUT2D eigenvalue weighted by Gasteiger charge is -2.05. The van der Waals surface area contributed by atoms with Crippen LogP contribution in [0.25, 0.3) is 0 Å². The quantitative estimate of drug-likeness (QED) is 0.399. The van der Waals surface area contributed by atoms with Gasteiger partial charge in [0.15, 0.2) is 0 Å². The fraction of sp³-hybridized carbons (Fsp3) is 0.300. The number of hydrogen-bond acceptors (Lipinski definition) is 3. The van der Waals surface area contributed by atoms with Gasteiger partial charge in [0, 0.05) is 18.0 Å². The summed E-state index contributed by atoms with van der Waals surface area (Å²) in [6.07, 6.45) is 3.26. The summed E-state index contributed by atoms with van der Waals surface area (Å²) in [5.74, 6) is 0.549. The lowest BCUT2D eigenvalue weighted by atomic mass is 10.4. The minimum absolute atomic E-state index is 0.398. The highest BCUT2D eigenvalue weighted by Gasteiger charge is 1.95. The number of allylic oxidation sites excluding steroid dienone is 2. The highest BCUT2D eigenvalue weighted by Crippen LogP contribution is 2.02. The van der Waals surface area contributed by atoms with Crippen LogP contribution in [0.15, 0.2) is 41.4 Å². The molecule has 0 saturated heterocycles. The van der Waals surface area contributed by atoms with Gasteiger partial charge in [-0.25, -0.2) is 0 Å². The van der Waals surface area contributed by atoms with Crippen LogP contribution < -0.4 is 5.73 Å². The smallest absolute Gasteiger partial charge is 0.143 e. The highest BCUT2D eigenvalue weighted by atomic mass is 16.5. The molecule has 72 valence electrons. The maximum absolute atomic E-state index is 5.47. The van der Waals surface area contributed by atoms with Crippen LogP contribution in [-0.4, -0.2) is 12.8 Å². The van der Waals surface area contributed by atoms with E-state index in [0.29, 0.717) is 18.1 Å². The summed E-state index contributed by atoms with van der Waals surface area (Å²) >= 11 is 0. The standard InChI is InChI=1S/C10H16N2O/c1-5-13-10(9(4)11)6-7-12-8(2)3/h6-7H,2,4-5,11H2,1,3H3/b10-6+,12-7?. The van der Waals surface area contributed by atoms with E-state index in [1.807, 2.05) is 13.8 Å². The van der Waals surface area contributed by atoms with Gasteiger partial charge in [-0.05, 0) is 13.8 Å². The summed E-state index contributed by atoms with van der Waals surface area (Å²) in [5.41, 5.74) is 6.60. The second kappa shape index (κ2) is 6.06. The van der Waals surface area contributed by atoms with E-state index in [1.54, 1.807) is 12.3 Å². The minimum atomic E-state index is 0.398. The number of ether oxygens (including phenoxy) is 1. The molecule has 3 nitrogen and oxygen atoms in total. The van der Waals surface area contributed by atoms with Gasteiger partial charge < -0.3 is 10.5 Å². The molecule has 0 spiro atoms. The topological polar surface area (TPSA) is 47.6 Å². The molecule has 0 radical (unpaired) electrons. The summed E-state index contributed by atoms with van der Waals surface area (Å²) in [6, 6.07) is 0. The van der Waals surface area contributed by atoms with Gasteiger partial charge in [-0.15, -0.1) is 0 Å². The van der Waals surface area contributed by atoms with Crippen molar-refractivity contribution in [3.8, 4) is 0 Å². The molecule has 0 bridgehead atoms. The lowest BCUT2D eigenvalue weighted by molar-refractivity contribution is 0.238. The molecule has 0 saturated carbocycles. The first-order valence-corrected chi connectivity index (χ1v) is 4.05. The number of nitrogens with zero attached hydrogens (tertiary/aromatic N) is 1. The first-order valence-electron chi connectivity index (χ1n) is 4.05. The average molecular weight is 180 g/mol. The van der Waals surface area contributed by atoms with E-state index in [1.165, 1.54) is 0 Å². The molecule has 0 unspecified atom stereocenters. The maximum atomic E-state index is 5.47. The van der Waals surface area contributed by atoms with Crippen molar-refractivity contribution in [2.75, 3.05) is 6.61 Å². The third-order valence-electron chi connectivity index (χ3n) is 1.14. The van der Waals surface area contributed by atoms with Crippen LogP contribution in [-0.2, 0) is 4.74 Å². The Hall–Kier alpha value is -1.51. The van der Waals surface area contributed by atoms with Crippen LogP contribution in [0.2, 0.25) is 0 Å². The largest absolute Gasteiger partial charge is 0.492 e. The van der Waals surface area contributed by atoms with Crippen LogP contribution >= 0.6 is 0 Å². The van der Waals surface area contributed by atoms with Crippen LogP contribution in [0.1, 0.15) is 13.8 Å². The molecule has 0 atom stereocenters. The van der Waals surface area contributed by atoms with E-state index in [0.717, 1.165) is 5.70 Å². The fourth-order valence-electron chi connectivity index (χ4n) is 0.636. The van der Waals surface area contributed by atoms with Crippen molar-refractivity contribution in [1.82, 2.24) is 0 Å². The van der Waals surface area contributed by atoms with Gasteiger partial charge in [-0.3, -0.25) is 4.99 Å². The summed E-state index contributed by atoms with van der Waals surface area (Å²) in [5, 5.41) is 0. The van der Waals surface area contributed by atoms with Crippen LogP contribution in [0, 0.1) is 0 Å². The van der Waals surface area contributed by atoms with E-state index in [4.69, 9.17) is 10.5 Å². The molecule has 13 heavy (non-hydrogen) atoms. The molecular formula is C10H16N2O. The zero-order chi connectivity index (χ0) is 10.3. The second-order valence-corrected chi connectivity index (χ2v) is 2.50. The van der Waals surface area contributed by atoms with E-state index in [9.17, 15) is 0 Å². The molecule has 2 N–H and O–H groups in total. The molecule has 0 aromatic rings. The van der Waals surface area contributed by atoms with Crippen molar-refractivity contribution in [2.45, 2.75) is 13.8 Å². The van der Waals surface area contributed by atoms with Crippen molar-refractivity contribution >= 4 is 6.21 Å². The Bertz CT molecular complexity index is 252. The normalized spacial score (nSPS) is 11.7. The molecule has 0 rings (SSSR count). The van der Waals surface area contributed by atoms with Gasteiger partial charge in [0.25, 0.3) is 0 Å².